The highest BCUT2D eigenvalue weighted by molar-refractivity contribution is 7.91. The molecule has 0 amide bonds. The van der Waals surface area contributed by atoms with Crippen molar-refractivity contribution in [1.82, 2.24) is 9.55 Å². The van der Waals surface area contributed by atoms with E-state index in [-0.39, 0.29) is 17.4 Å². The zero-order valence-corrected chi connectivity index (χ0v) is 12.7. The van der Waals surface area contributed by atoms with Crippen molar-refractivity contribution in [3.63, 3.8) is 0 Å². The number of imidazole rings is 1. The Hall–Kier alpha value is -1.37. The zero-order chi connectivity index (χ0) is 15.0. The Morgan fingerprint density at radius 2 is 2.05 bits per heavy atom. The molecule has 1 saturated heterocycles. The van der Waals surface area contributed by atoms with E-state index in [2.05, 4.69) is 9.55 Å². The third-order valence-electron chi connectivity index (χ3n) is 4.67. The van der Waals surface area contributed by atoms with Crippen molar-refractivity contribution in [2.24, 2.45) is 11.8 Å². The first-order valence-corrected chi connectivity index (χ1v) is 9.23. The number of nitrogens with zero attached hydrogens (tertiary/aromatic N) is 2. The predicted molar refractivity (Wildman–Crippen MR) is 76.8 cm³/mol. The van der Waals surface area contributed by atoms with E-state index in [9.17, 15) is 13.2 Å². The zero-order valence-electron chi connectivity index (χ0n) is 11.9. The van der Waals surface area contributed by atoms with Gasteiger partial charge in [-0.15, -0.1) is 0 Å². The third kappa shape index (κ3) is 3.12. The summed E-state index contributed by atoms with van der Waals surface area (Å²) in [5.74, 6) is 0.886. The maximum absolute atomic E-state index is 11.5. The number of hydrogen-bond acceptors (Lipinski definition) is 4. The Balaban J connectivity index is 1.67. The van der Waals surface area contributed by atoms with Gasteiger partial charge in [0.25, 0.3) is 0 Å². The maximum Gasteiger partial charge on any atom is 0.306 e. The summed E-state index contributed by atoms with van der Waals surface area (Å²) < 4.78 is 25.0. The molecule has 1 N–H and O–H groups in total. The lowest BCUT2D eigenvalue weighted by molar-refractivity contribution is -0.142. The number of carboxylic acid groups (broad SMARTS) is 1. The van der Waals surface area contributed by atoms with Gasteiger partial charge in [-0.2, -0.15) is 0 Å². The molecule has 1 atom stereocenters. The van der Waals surface area contributed by atoms with Crippen LogP contribution in [0.2, 0.25) is 0 Å². The smallest absolute Gasteiger partial charge is 0.306 e. The molecule has 7 heteroatoms. The minimum Gasteiger partial charge on any atom is -0.481 e. The second-order valence-electron chi connectivity index (χ2n) is 6.14. The molecule has 1 fully saturated rings. The van der Waals surface area contributed by atoms with E-state index >= 15 is 0 Å². The van der Waals surface area contributed by atoms with Gasteiger partial charge in [0.15, 0.2) is 0 Å². The van der Waals surface area contributed by atoms with Gasteiger partial charge in [0, 0.05) is 31.3 Å². The van der Waals surface area contributed by atoms with E-state index in [1.807, 2.05) is 0 Å². The van der Waals surface area contributed by atoms with E-state index in [1.54, 1.807) is 6.20 Å². The van der Waals surface area contributed by atoms with E-state index in [0.717, 1.165) is 17.9 Å². The Bertz CT molecular complexity index is 636. The minimum absolute atomic E-state index is 0.284. The molecule has 0 bridgehead atoms. The third-order valence-corrected chi connectivity index (χ3v) is 6.39. The summed E-state index contributed by atoms with van der Waals surface area (Å²) in [5, 5.41) is 9.09. The first kappa shape index (κ1) is 14.6. The largest absolute Gasteiger partial charge is 0.481 e. The number of aromatic nitrogens is 2. The lowest BCUT2D eigenvalue weighted by atomic mass is 9.95. The molecule has 3 rings (SSSR count). The van der Waals surface area contributed by atoms with Crippen molar-refractivity contribution in [2.45, 2.75) is 38.6 Å². The van der Waals surface area contributed by atoms with Crippen LogP contribution in [0.3, 0.4) is 0 Å². The molecule has 3 heterocycles. The minimum atomic E-state index is -2.82. The van der Waals surface area contributed by atoms with Crippen LogP contribution in [0.25, 0.3) is 0 Å². The lowest BCUT2D eigenvalue weighted by Gasteiger charge is -2.25. The van der Waals surface area contributed by atoms with Crippen LogP contribution in [0.4, 0.5) is 0 Å². The fourth-order valence-corrected chi connectivity index (χ4v) is 4.89. The molecule has 1 unspecified atom stereocenters. The molecule has 2 aliphatic heterocycles. The Morgan fingerprint density at radius 3 is 2.71 bits per heavy atom. The van der Waals surface area contributed by atoms with Gasteiger partial charge in [0.2, 0.25) is 0 Å². The Labute approximate surface area is 124 Å². The summed E-state index contributed by atoms with van der Waals surface area (Å²) >= 11 is 0. The molecule has 2 aliphatic rings. The monoisotopic (exact) mass is 312 g/mol. The number of hydrogen-bond donors (Lipinski definition) is 1. The second-order valence-corrected chi connectivity index (χ2v) is 8.45. The van der Waals surface area contributed by atoms with Gasteiger partial charge < -0.3 is 9.67 Å². The van der Waals surface area contributed by atoms with Crippen molar-refractivity contribution in [3.8, 4) is 0 Å². The molecule has 0 aromatic carbocycles. The van der Waals surface area contributed by atoms with Crippen molar-refractivity contribution in [1.29, 1.82) is 0 Å². The molecule has 0 radical (unpaired) electrons. The topological polar surface area (TPSA) is 89.3 Å². The first-order chi connectivity index (χ1) is 9.94. The molecule has 1 aromatic rings. The normalized spacial score (nSPS) is 25.4. The standard InChI is InChI=1S/C14H20N2O4S/c17-14(18)11-1-4-16-12(8-11)9-15-13(16)7-10-2-5-21(19,20)6-3-10/h9-11H,1-8H2,(H,17,18). The van der Waals surface area contributed by atoms with E-state index < -0.39 is 15.8 Å². The summed E-state index contributed by atoms with van der Waals surface area (Å²) in [6.07, 6.45) is 5.19. The number of carboxylic acids is 1. The van der Waals surface area contributed by atoms with Crippen molar-refractivity contribution < 1.29 is 18.3 Å². The van der Waals surface area contributed by atoms with Crippen LogP contribution in [0, 0.1) is 11.8 Å². The van der Waals surface area contributed by atoms with Crippen LogP contribution in [-0.2, 0) is 34.0 Å². The van der Waals surface area contributed by atoms with Crippen molar-refractivity contribution >= 4 is 15.8 Å². The fourth-order valence-electron chi connectivity index (χ4n) is 3.30. The molecular weight excluding hydrogens is 292 g/mol. The van der Waals surface area contributed by atoms with Gasteiger partial charge in [-0.3, -0.25) is 4.79 Å². The van der Waals surface area contributed by atoms with Crippen LogP contribution < -0.4 is 0 Å². The lowest BCUT2D eigenvalue weighted by Crippen LogP contribution is -2.28. The Morgan fingerprint density at radius 1 is 1.33 bits per heavy atom. The summed E-state index contributed by atoms with van der Waals surface area (Å²) in [7, 11) is -2.82. The quantitative estimate of drug-likeness (QED) is 0.895. The van der Waals surface area contributed by atoms with Gasteiger partial charge in [-0.05, 0) is 25.2 Å². The molecule has 1 aromatic heterocycles. The van der Waals surface area contributed by atoms with Crippen molar-refractivity contribution in [3.05, 3.63) is 17.7 Å². The number of sulfone groups is 1. The average molecular weight is 312 g/mol. The summed E-state index contributed by atoms with van der Waals surface area (Å²) in [6.45, 7) is 0.701. The number of carbonyl (C=O) groups is 1. The highest BCUT2D eigenvalue weighted by atomic mass is 32.2. The molecule has 0 saturated carbocycles. The van der Waals surface area contributed by atoms with Gasteiger partial charge in [0.05, 0.1) is 17.4 Å². The number of fused-ring (bicyclic) bond motifs is 1. The van der Waals surface area contributed by atoms with Gasteiger partial charge in [0.1, 0.15) is 15.7 Å². The molecule has 0 aliphatic carbocycles. The van der Waals surface area contributed by atoms with Gasteiger partial charge in [-0.25, -0.2) is 13.4 Å². The van der Waals surface area contributed by atoms with E-state index in [4.69, 9.17) is 5.11 Å². The number of rotatable bonds is 3. The predicted octanol–water partition coefficient (Wildman–Crippen LogP) is 0.897. The molecule has 6 nitrogen and oxygen atoms in total. The average Bonchev–Trinajstić information content (AvgIpc) is 2.83. The van der Waals surface area contributed by atoms with E-state index in [0.29, 0.717) is 38.1 Å². The molecule has 116 valence electrons. The SMILES string of the molecule is O=C(O)C1CCn2c(cnc2CC2CCS(=O)(=O)CC2)C1. The van der Waals surface area contributed by atoms with Crippen LogP contribution in [0.5, 0.6) is 0 Å². The maximum atomic E-state index is 11.5. The van der Waals surface area contributed by atoms with Crippen LogP contribution in [0.1, 0.15) is 30.8 Å². The highest BCUT2D eigenvalue weighted by Crippen LogP contribution is 2.26. The summed E-state index contributed by atoms with van der Waals surface area (Å²) in [4.78, 5) is 15.5. The second kappa shape index (κ2) is 5.44. The van der Waals surface area contributed by atoms with Crippen LogP contribution in [-0.4, -0.2) is 40.6 Å². The van der Waals surface area contributed by atoms with E-state index in [1.165, 1.54) is 0 Å². The molecule has 21 heavy (non-hydrogen) atoms. The summed E-state index contributed by atoms with van der Waals surface area (Å²) in [6, 6.07) is 0. The molecular formula is C14H20N2O4S. The van der Waals surface area contributed by atoms with Crippen molar-refractivity contribution in [2.75, 3.05) is 11.5 Å². The van der Waals surface area contributed by atoms with Gasteiger partial charge >= 0.3 is 5.97 Å². The van der Waals surface area contributed by atoms with Crippen LogP contribution in [0.15, 0.2) is 6.20 Å². The van der Waals surface area contributed by atoms with Crippen LogP contribution >= 0.6 is 0 Å². The Kier molecular flexibility index (Phi) is 3.77. The fraction of sp³-hybridized carbons (Fsp3) is 0.714. The first-order valence-electron chi connectivity index (χ1n) is 7.41. The summed E-state index contributed by atoms with van der Waals surface area (Å²) in [5.41, 5.74) is 0.993. The van der Waals surface area contributed by atoms with Gasteiger partial charge in [-0.1, -0.05) is 0 Å². The highest BCUT2D eigenvalue weighted by Gasteiger charge is 2.28. The number of aliphatic carboxylic acids is 1. The molecule has 0 spiro atoms.